The normalized spacial score (nSPS) is 10.3. The summed E-state index contributed by atoms with van der Waals surface area (Å²) in [5.41, 5.74) is 3.62. The van der Waals surface area contributed by atoms with Crippen LogP contribution in [-0.2, 0) is 4.79 Å². The van der Waals surface area contributed by atoms with E-state index in [1.165, 1.54) is 23.8 Å². The summed E-state index contributed by atoms with van der Waals surface area (Å²) in [7, 11) is 0. The quantitative estimate of drug-likeness (QED) is 0.891. The van der Waals surface area contributed by atoms with Crippen molar-refractivity contribution < 1.29 is 9.18 Å². The number of amides is 1. The van der Waals surface area contributed by atoms with Crippen molar-refractivity contribution in [2.45, 2.75) is 13.8 Å². The van der Waals surface area contributed by atoms with Crippen LogP contribution < -0.4 is 10.6 Å². The molecule has 1 amide bonds. The Labute approximate surface area is 128 Å². The van der Waals surface area contributed by atoms with Crippen LogP contribution in [0.1, 0.15) is 11.1 Å². The maximum atomic E-state index is 13.0. The number of carbonyl (C=O) groups is 1. The number of aryl methyl sites for hydroxylation is 2. The number of benzene rings is 2. The zero-order valence-electron chi connectivity index (χ0n) is 11.8. The highest BCUT2D eigenvalue weighted by Crippen LogP contribution is 2.19. The van der Waals surface area contributed by atoms with Gasteiger partial charge in [0.2, 0.25) is 5.91 Å². The minimum atomic E-state index is -0.511. The lowest BCUT2D eigenvalue weighted by molar-refractivity contribution is -0.114. The van der Waals surface area contributed by atoms with Gasteiger partial charge in [0.15, 0.2) is 0 Å². The first kappa shape index (κ1) is 15.3. The predicted molar refractivity (Wildman–Crippen MR) is 84.4 cm³/mol. The van der Waals surface area contributed by atoms with Crippen LogP contribution in [0.25, 0.3) is 0 Å². The Morgan fingerprint density at radius 1 is 1.19 bits per heavy atom. The van der Waals surface area contributed by atoms with Crippen LogP contribution in [-0.4, -0.2) is 12.5 Å². The third-order valence-electron chi connectivity index (χ3n) is 3.02. The molecule has 5 heteroatoms. The van der Waals surface area contributed by atoms with Gasteiger partial charge in [0.25, 0.3) is 0 Å². The molecule has 0 heterocycles. The molecule has 2 rings (SSSR count). The van der Waals surface area contributed by atoms with Crippen LogP contribution in [0.15, 0.2) is 36.4 Å². The van der Waals surface area contributed by atoms with Gasteiger partial charge in [-0.05, 0) is 43.7 Å². The Hall–Kier alpha value is -2.07. The van der Waals surface area contributed by atoms with E-state index in [0.29, 0.717) is 5.69 Å². The van der Waals surface area contributed by atoms with Gasteiger partial charge >= 0.3 is 0 Å². The van der Waals surface area contributed by atoms with Crippen LogP contribution in [0, 0.1) is 19.7 Å². The molecule has 0 unspecified atom stereocenters. The summed E-state index contributed by atoms with van der Waals surface area (Å²) in [6.07, 6.45) is 0. The molecule has 21 heavy (non-hydrogen) atoms. The maximum Gasteiger partial charge on any atom is 0.243 e. The van der Waals surface area contributed by atoms with E-state index in [1.807, 2.05) is 32.0 Å². The molecule has 0 saturated heterocycles. The number of carbonyl (C=O) groups excluding carboxylic acids is 1. The molecular weight excluding hydrogens is 291 g/mol. The summed E-state index contributed by atoms with van der Waals surface area (Å²) in [6.45, 7) is 4.12. The molecule has 2 aromatic carbocycles. The van der Waals surface area contributed by atoms with E-state index in [2.05, 4.69) is 10.6 Å². The van der Waals surface area contributed by atoms with Crippen LogP contribution in [0.2, 0.25) is 5.02 Å². The Balaban J connectivity index is 1.94. The van der Waals surface area contributed by atoms with E-state index < -0.39 is 5.82 Å². The summed E-state index contributed by atoms with van der Waals surface area (Å²) >= 11 is 5.66. The topological polar surface area (TPSA) is 41.1 Å². The highest BCUT2D eigenvalue weighted by molar-refractivity contribution is 6.31. The lowest BCUT2D eigenvalue weighted by Crippen LogP contribution is -2.22. The van der Waals surface area contributed by atoms with Crippen molar-refractivity contribution in [2.24, 2.45) is 0 Å². The van der Waals surface area contributed by atoms with Crippen molar-refractivity contribution >= 4 is 28.9 Å². The van der Waals surface area contributed by atoms with E-state index in [0.717, 1.165) is 11.3 Å². The molecule has 0 bridgehead atoms. The second-order valence-electron chi connectivity index (χ2n) is 4.85. The zero-order valence-corrected chi connectivity index (χ0v) is 12.6. The standard InChI is InChI=1S/C16H16ClFN2O/c1-10-3-6-15(11(2)7-10)19-9-16(21)20-12-4-5-14(18)13(17)8-12/h3-8,19H,9H2,1-2H3,(H,20,21). The Kier molecular flexibility index (Phi) is 4.81. The van der Waals surface area contributed by atoms with E-state index in [1.54, 1.807) is 0 Å². The summed E-state index contributed by atoms with van der Waals surface area (Å²) in [6, 6.07) is 10.0. The monoisotopic (exact) mass is 306 g/mol. The lowest BCUT2D eigenvalue weighted by Gasteiger charge is -2.11. The van der Waals surface area contributed by atoms with Gasteiger partial charge in [-0.3, -0.25) is 4.79 Å². The average molecular weight is 307 g/mol. The molecule has 0 aliphatic heterocycles. The predicted octanol–water partition coefficient (Wildman–Crippen LogP) is 4.15. The number of anilines is 2. The molecule has 110 valence electrons. The Morgan fingerprint density at radius 2 is 1.95 bits per heavy atom. The first-order valence-electron chi connectivity index (χ1n) is 6.52. The van der Waals surface area contributed by atoms with Crippen molar-refractivity contribution in [3.05, 3.63) is 58.4 Å². The van der Waals surface area contributed by atoms with Crippen molar-refractivity contribution in [1.82, 2.24) is 0 Å². The number of nitrogens with one attached hydrogen (secondary N) is 2. The number of hydrogen-bond donors (Lipinski definition) is 2. The Bertz CT molecular complexity index is 673. The fraction of sp³-hybridized carbons (Fsp3) is 0.188. The fourth-order valence-electron chi connectivity index (χ4n) is 1.97. The molecule has 0 aliphatic rings. The van der Waals surface area contributed by atoms with E-state index >= 15 is 0 Å². The van der Waals surface area contributed by atoms with Crippen molar-refractivity contribution in [1.29, 1.82) is 0 Å². The largest absolute Gasteiger partial charge is 0.376 e. The summed E-state index contributed by atoms with van der Waals surface area (Å²) in [4.78, 5) is 11.8. The number of halogens is 2. The molecule has 0 aliphatic carbocycles. The van der Waals surface area contributed by atoms with Gasteiger partial charge in [0.05, 0.1) is 11.6 Å². The zero-order chi connectivity index (χ0) is 15.4. The molecule has 0 spiro atoms. The van der Waals surface area contributed by atoms with Gasteiger partial charge in [-0.2, -0.15) is 0 Å². The molecule has 2 N–H and O–H groups in total. The molecule has 0 aromatic heterocycles. The molecular formula is C16H16ClFN2O. The first-order valence-corrected chi connectivity index (χ1v) is 6.89. The fourth-order valence-corrected chi connectivity index (χ4v) is 2.15. The van der Waals surface area contributed by atoms with Crippen molar-refractivity contribution in [3.8, 4) is 0 Å². The van der Waals surface area contributed by atoms with Crippen LogP contribution in [0.4, 0.5) is 15.8 Å². The number of rotatable bonds is 4. The van der Waals surface area contributed by atoms with Crippen LogP contribution >= 0.6 is 11.6 Å². The third-order valence-corrected chi connectivity index (χ3v) is 3.31. The minimum Gasteiger partial charge on any atom is -0.376 e. The number of hydrogen-bond acceptors (Lipinski definition) is 2. The molecule has 0 radical (unpaired) electrons. The second kappa shape index (κ2) is 6.59. The first-order chi connectivity index (χ1) is 9.95. The van der Waals surface area contributed by atoms with Gasteiger partial charge in [0, 0.05) is 11.4 Å². The second-order valence-corrected chi connectivity index (χ2v) is 5.26. The summed E-state index contributed by atoms with van der Waals surface area (Å²) in [5, 5.41) is 5.71. The highest BCUT2D eigenvalue weighted by Gasteiger charge is 2.06. The van der Waals surface area contributed by atoms with Crippen molar-refractivity contribution in [3.63, 3.8) is 0 Å². The van der Waals surface area contributed by atoms with Crippen LogP contribution in [0.5, 0.6) is 0 Å². The molecule has 0 atom stereocenters. The molecule has 2 aromatic rings. The van der Waals surface area contributed by atoms with Gasteiger partial charge in [-0.1, -0.05) is 29.3 Å². The molecule has 0 fully saturated rings. The smallest absolute Gasteiger partial charge is 0.243 e. The highest BCUT2D eigenvalue weighted by atomic mass is 35.5. The van der Waals surface area contributed by atoms with E-state index in [-0.39, 0.29) is 17.5 Å². The van der Waals surface area contributed by atoms with Crippen LogP contribution in [0.3, 0.4) is 0 Å². The summed E-state index contributed by atoms with van der Waals surface area (Å²) in [5.74, 6) is -0.735. The van der Waals surface area contributed by atoms with Gasteiger partial charge in [-0.15, -0.1) is 0 Å². The average Bonchev–Trinajstić information content (AvgIpc) is 2.42. The SMILES string of the molecule is Cc1ccc(NCC(=O)Nc2ccc(F)c(Cl)c2)c(C)c1. The third kappa shape index (κ3) is 4.20. The van der Waals surface area contributed by atoms with Gasteiger partial charge in [-0.25, -0.2) is 4.39 Å². The maximum absolute atomic E-state index is 13.0. The lowest BCUT2D eigenvalue weighted by atomic mass is 10.1. The van der Waals surface area contributed by atoms with E-state index in [4.69, 9.17) is 11.6 Å². The molecule has 0 saturated carbocycles. The van der Waals surface area contributed by atoms with Gasteiger partial charge < -0.3 is 10.6 Å². The van der Waals surface area contributed by atoms with E-state index in [9.17, 15) is 9.18 Å². The minimum absolute atomic E-state index is 0.0184. The van der Waals surface area contributed by atoms with Gasteiger partial charge in [0.1, 0.15) is 5.82 Å². The summed E-state index contributed by atoms with van der Waals surface area (Å²) < 4.78 is 13.0. The molecule has 3 nitrogen and oxygen atoms in total. The van der Waals surface area contributed by atoms with Crippen molar-refractivity contribution in [2.75, 3.05) is 17.2 Å². The Morgan fingerprint density at radius 3 is 2.62 bits per heavy atom.